The minimum absolute atomic E-state index is 0.305. The summed E-state index contributed by atoms with van der Waals surface area (Å²) in [5.74, 6) is 1.16. The highest BCUT2D eigenvalue weighted by molar-refractivity contribution is 8.00. The number of aliphatic hydroxyl groups is 1. The highest BCUT2D eigenvalue weighted by Crippen LogP contribution is 2.32. The van der Waals surface area contributed by atoms with Crippen LogP contribution in [0.25, 0.3) is 0 Å². The quantitative estimate of drug-likeness (QED) is 0.912. The molecular formula is C14H22N2OS. The molecule has 1 aromatic heterocycles. The van der Waals surface area contributed by atoms with Crippen molar-refractivity contribution >= 4 is 17.4 Å². The van der Waals surface area contributed by atoms with Gasteiger partial charge in [-0.25, -0.2) is 0 Å². The molecule has 0 radical (unpaired) electrons. The molecule has 2 rings (SSSR count). The molecule has 1 saturated heterocycles. The van der Waals surface area contributed by atoms with Gasteiger partial charge < -0.3 is 10.0 Å². The third kappa shape index (κ3) is 3.18. The van der Waals surface area contributed by atoms with Crippen molar-refractivity contribution in [3.05, 3.63) is 24.0 Å². The summed E-state index contributed by atoms with van der Waals surface area (Å²) in [6, 6.07) is 4.02. The Labute approximate surface area is 114 Å². The molecule has 3 nitrogen and oxygen atoms in total. The van der Waals surface area contributed by atoms with Crippen LogP contribution in [0, 0.1) is 0 Å². The van der Waals surface area contributed by atoms with Crippen LogP contribution in [0.15, 0.2) is 18.3 Å². The minimum Gasteiger partial charge on any atom is -0.387 e. The number of pyridine rings is 1. The van der Waals surface area contributed by atoms with Crippen LogP contribution in [0.3, 0.4) is 0 Å². The van der Waals surface area contributed by atoms with Crippen LogP contribution >= 0.6 is 11.8 Å². The van der Waals surface area contributed by atoms with Crippen LogP contribution in [0.2, 0.25) is 0 Å². The predicted molar refractivity (Wildman–Crippen MR) is 78.2 cm³/mol. The fourth-order valence-corrected chi connectivity index (χ4v) is 3.34. The van der Waals surface area contributed by atoms with Gasteiger partial charge >= 0.3 is 0 Å². The summed E-state index contributed by atoms with van der Waals surface area (Å²) in [6.45, 7) is 8.66. The first-order valence-electron chi connectivity index (χ1n) is 6.55. The molecule has 0 aliphatic carbocycles. The van der Waals surface area contributed by atoms with Gasteiger partial charge in [0.1, 0.15) is 0 Å². The van der Waals surface area contributed by atoms with Crippen molar-refractivity contribution in [2.24, 2.45) is 0 Å². The normalized spacial score (nSPS) is 20.8. The van der Waals surface area contributed by atoms with Gasteiger partial charge in [0.2, 0.25) is 0 Å². The van der Waals surface area contributed by atoms with E-state index < -0.39 is 6.10 Å². The number of aromatic nitrogens is 1. The van der Waals surface area contributed by atoms with E-state index in [2.05, 4.69) is 29.8 Å². The largest absolute Gasteiger partial charge is 0.387 e. The molecule has 0 amide bonds. The van der Waals surface area contributed by atoms with E-state index in [1.807, 2.05) is 30.9 Å². The van der Waals surface area contributed by atoms with Crippen LogP contribution in [0.1, 0.15) is 39.0 Å². The summed E-state index contributed by atoms with van der Waals surface area (Å²) in [4.78, 5) is 6.75. The van der Waals surface area contributed by atoms with E-state index in [4.69, 9.17) is 0 Å². The Hall–Kier alpha value is -0.740. The Morgan fingerprint density at radius 2 is 2.28 bits per heavy atom. The molecule has 1 N–H and O–H groups in total. The monoisotopic (exact) mass is 266 g/mol. The average Bonchev–Trinajstić information content (AvgIpc) is 2.37. The van der Waals surface area contributed by atoms with Crippen LogP contribution in [-0.4, -0.2) is 33.7 Å². The van der Waals surface area contributed by atoms with Crippen LogP contribution < -0.4 is 4.90 Å². The SMILES string of the molecule is CC[C@@H](O)c1ccc(N2CCSC(C)(C)C2)cn1. The zero-order valence-corrected chi connectivity index (χ0v) is 12.2. The molecule has 0 aromatic carbocycles. The van der Waals surface area contributed by atoms with Gasteiger partial charge in [0.15, 0.2) is 0 Å². The van der Waals surface area contributed by atoms with E-state index in [9.17, 15) is 5.11 Å². The molecule has 100 valence electrons. The summed E-state index contributed by atoms with van der Waals surface area (Å²) in [5, 5.41) is 9.73. The molecule has 1 aliphatic heterocycles. The molecule has 4 heteroatoms. The lowest BCUT2D eigenvalue weighted by atomic mass is 10.1. The first-order chi connectivity index (χ1) is 8.52. The Morgan fingerprint density at radius 3 is 2.83 bits per heavy atom. The summed E-state index contributed by atoms with van der Waals surface area (Å²) >= 11 is 2.03. The molecule has 18 heavy (non-hydrogen) atoms. The lowest BCUT2D eigenvalue weighted by Crippen LogP contribution is -2.43. The zero-order valence-electron chi connectivity index (χ0n) is 11.4. The molecule has 2 heterocycles. The predicted octanol–water partition coefficient (Wildman–Crippen LogP) is 2.86. The molecule has 0 saturated carbocycles. The van der Waals surface area contributed by atoms with Gasteiger partial charge in [-0.3, -0.25) is 4.98 Å². The molecule has 0 spiro atoms. The highest BCUT2D eigenvalue weighted by atomic mass is 32.2. The number of hydrogen-bond acceptors (Lipinski definition) is 4. The van der Waals surface area contributed by atoms with Crippen molar-refractivity contribution in [1.82, 2.24) is 4.98 Å². The Balaban J connectivity index is 2.09. The Kier molecular flexibility index (Phi) is 4.17. The average molecular weight is 266 g/mol. The van der Waals surface area contributed by atoms with Gasteiger partial charge in [0, 0.05) is 23.6 Å². The van der Waals surface area contributed by atoms with E-state index in [0.29, 0.717) is 11.2 Å². The Morgan fingerprint density at radius 1 is 1.50 bits per heavy atom. The number of nitrogens with zero attached hydrogens (tertiary/aromatic N) is 2. The maximum atomic E-state index is 9.73. The Bertz CT molecular complexity index is 391. The van der Waals surface area contributed by atoms with E-state index in [1.54, 1.807) is 0 Å². The lowest BCUT2D eigenvalue weighted by molar-refractivity contribution is 0.169. The van der Waals surface area contributed by atoms with Crippen molar-refractivity contribution in [3.8, 4) is 0 Å². The van der Waals surface area contributed by atoms with Crippen molar-refractivity contribution in [1.29, 1.82) is 0 Å². The smallest absolute Gasteiger partial charge is 0.0957 e. The second-order valence-corrected chi connectivity index (χ2v) is 7.20. The molecule has 0 unspecified atom stereocenters. The van der Waals surface area contributed by atoms with E-state index in [-0.39, 0.29) is 0 Å². The topological polar surface area (TPSA) is 36.4 Å². The third-order valence-electron chi connectivity index (χ3n) is 3.29. The molecule has 1 aliphatic rings. The third-order valence-corrected chi connectivity index (χ3v) is 4.59. The second kappa shape index (κ2) is 5.49. The van der Waals surface area contributed by atoms with Gasteiger partial charge in [-0.2, -0.15) is 11.8 Å². The maximum Gasteiger partial charge on any atom is 0.0957 e. The zero-order chi connectivity index (χ0) is 13.2. The van der Waals surface area contributed by atoms with Crippen molar-refractivity contribution in [2.45, 2.75) is 38.0 Å². The fourth-order valence-electron chi connectivity index (χ4n) is 2.23. The fraction of sp³-hybridized carbons (Fsp3) is 0.643. The standard InChI is InChI=1S/C14H22N2OS/c1-4-13(17)12-6-5-11(9-15-12)16-7-8-18-14(2,3)10-16/h5-6,9,13,17H,4,7-8,10H2,1-3H3/t13-/m1/s1. The number of rotatable bonds is 3. The highest BCUT2D eigenvalue weighted by Gasteiger charge is 2.27. The molecule has 1 aromatic rings. The summed E-state index contributed by atoms with van der Waals surface area (Å²) < 4.78 is 0.305. The first-order valence-corrected chi connectivity index (χ1v) is 7.53. The lowest BCUT2D eigenvalue weighted by Gasteiger charge is -2.38. The van der Waals surface area contributed by atoms with Gasteiger partial charge in [0.25, 0.3) is 0 Å². The number of anilines is 1. The summed E-state index contributed by atoms with van der Waals surface area (Å²) in [7, 11) is 0. The number of hydrogen-bond donors (Lipinski definition) is 1. The maximum absolute atomic E-state index is 9.73. The second-order valence-electron chi connectivity index (χ2n) is 5.40. The number of thioether (sulfide) groups is 1. The van der Waals surface area contributed by atoms with E-state index in [0.717, 1.165) is 30.2 Å². The van der Waals surface area contributed by atoms with Crippen molar-refractivity contribution in [2.75, 3.05) is 23.7 Å². The molecule has 1 atom stereocenters. The van der Waals surface area contributed by atoms with Crippen LogP contribution in [0.5, 0.6) is 0 Å². The first kappa shape index (κ1) is 13.7. The van der Waals surface area contributed by atoms with Crippen LogP contribution in [-0.2, 0) is 0 Å². The molecule has 1 fully saturated rings. The van der Waals surface area contributed by atoms with Gasteiger partial charge in [0.05, 0.1) is 23.7 Å². The minimum atomic E-state index is -0.438. The summed E-state index contributed by atoms with van der Waals surface area (Å²) in [6.07, 6.45) is 2.16. The van der Waals surface area contributed by atoms with Crippen molar-refractivity contribution < 1.29 is 5.11 Å². The van der Waals surface area contributed by atoms with Crippen molar-refractivity contribution in [3.63, 3.8) is 0 Å². The van der Waals surface area contributed by atoms with Gasteiger partial charge in [-0.05, 0) is 32.4 Å². The molecule has 0 bridgehead atoms. The summed E-state index contributed by atoms with van der Waals surface area (Å²) in [5.41, 5.74) is 1.93. The van der Waals surface area contributed by atoms with Crippen LogP contribution in [0.4, 0.5) is 5.69 Å². The number of aliphatic hydroxyl groups excluding tert-OH is 1. The molecular weight excluding hydrogens is 244 g/mol. The van der Waals surface area contributed by atoms with E-state index >= 15 is 0 Å². The van der Waals surface area contributed by atoms with Gasteiger partial charge in [-0.15, -0.1) is 0 Å². The van der Waals surface area contributed by atoms with E-state index in [1.165, 1.54) is 0 Å². The van der Waals surface area contributed by atoms with Gasteiger partial charge in [-0.1, -0.05) is 6.92 Å².